The average Bonchev–Trinajstić information content (AvgIpc) is 2.98. The van der Waals surface area contributed by atoms with Crippen LogP contribution in [0.15, 0.2) is 18.2 Å². The number of phenols is 1. The lowest BCUT2D eigenvalue weighted by Crippen LogP contribution is -2.60. The Morgan fingerprint density at radius 3 is 2.79 bits per heavy atom. The maximum Gasteiger partial charge on any atom is 0.410 e. The van der Waals surface area contributed by atoms with E-state index in [0.717, 1.165) is 24.8 Å². The second-order valence-corrected chi connectivity index (χ2v) is 9.90. The van der Waals surface area contributed by atoms with E-state index < -0.39 is 11.2 Å². The Balaban J connectivity index is 1.64. The van der Waals surface area contributed by atoms with Crippen LogP contribution in [-0.2, 0) is 9.47 Å². The Hall–Kier alpha value is -1.95. The average molecular weight is 389 g/mol. The summed E-state index contributed by atoms with van der Waals surface area (Å²) in [7, 11) is 0. The van der Waals surface area contributed by atoms with E-state index >= 15 is 0 Å². The highest BCUT2D eigenvalue weighted by molar-refractivity contribution is 5.70. The maximum atomic E-state index is 12.9. The smallest absolute Gasteiger partial charge is 0.410 e. The van der Waals surface area contributed by atoms with Crippen molar-refractivity contribution < 1.29 is 24.1 Å². The van der Waals surface area contributed by atoms with Gasteiger partial charge in [-0.3, -0.25) is 0 Å². The Kier molecular flexibility index (Phi) is 4.34. The van der Waals surface area contributed by atoms with Gasteiger partial charge in [0, 0.05) is 18.0 Å². The summed E-state index contributed by atoms with van der Waals surface area (Å²) in [6.45, 7) is 10.9. The molecule has 6 nitrogen and oxygen atoms in total. The molecule has 0 aliphatic carbocycles. The summed E-state index contributed by atoms with van der Waals surface area (Å²) in [5.74, 6) is 0.725. The van der Waals surface area contributed by atoms with Crippen LogP contribution in [0.3, 0.4) is 0 Å². The van der Waals surface area contributed by atoms with Gasteiger partial charge < -0.3 is 24.2 Å². The van der Waals surface area contributed by atoms with Gasteiger partial charge in [-0.1, -0.05) is 12.1 Å². The van der Waals surface area contributed by atoms with Crippen molar-refractivity contribution in [3.05, 3.63) is 23.8 Å². The molecule has 3 aliphatic heterocycles. The summed E-state index contributed by atoms with van der Waals surface area (Å²) in [5, 5.41) is 10.3. The lowest BCUT2D eigenvalue weighted by atomic mass is 9.70. The summed E-state index contributed by atoms with van der Waals surface area (Å²) in [5.41, 5.74) is -0.520. The molecule has 1 spiro atoms. The molecule has 6 heteroatoms. The first-order valence-corrected chi connectivity index (χ1v) is 10.2. The summed E-state index contributed by atoms with van der Waals surface area (Å²) in [6, 6.07) is 5.42. The van der Waals surface area contributed by atoms with Crippen molar-refractivity contribution in [3.63, 3.8) is 0 Å². The first-order valence-electron chi connectivity index (χ1n) is 10.2. The van der Waals surface area contributed by atoms with Crippen LogP contribution in [0, 0.1) is 5.92 Å². The molecule has 1 N–H and O–H groups in total. The van der Waals surface area contributed by atoms with Gasteiger partial charge in [0.05, 0.1) is 18.2 Å². The molecule has 1 aromatic carbocycles. The quantitative estimate of drug-likeness (QED) is 0.712. The fourth-order valence-corrected chi connectivity index (χ4v) is 4.97. The summed E-state index contributed by atoms with van der Waals surface area (Å²) in [4.78, 5) is 14.8. The highest BCUT2D eigenvalue weighted by Gasteiger charge is 2.57. The molecule has 1 aromatic rings. The van der Waals surface area contributed by atoms with Gasteiger partial charge in [-0.2, -0.15) is 0 Å². The number of benzene rings is 1. The van der Waals surface area contributed by atoms with Gasteiger partial charge in [0.1, 0.15) is 11.2 Å². The molecule has 2 saturated heterocycles. The number of amides is 1. The third-order valence-electron chi connectivity index (χ3n) is 6.30. The number of hydrogen-bond donors (Lipinski definition) is 1. The molecule has 4 rings (SSSR count). The van der Waals surface area contributed by atoms with E-state index in [2.05, 4.69) is 0 Å². The number of aromatic hydroxyl groups is 1. The van der Waals surface area contributed by atoms with Crippen LogP contribution >= 0.6 is 0 Å². The van der Waals surface area contributed by atoms with E-state index in [-0.39, 0.29) is 29.4 Å². The number of nitrogens with zero attached hydrogens (tertiary/aromatic N) is 1. The topological polar surface area (TPSA) is 68.2 Å². The monoisotopic (exact) mass is 389 g/mol. The van der Waals surface area contributed by atoms with Gasteiger partial charge in [-0.25, -0.2) is 4.79 Å². The minimum Gasteiger partial charge on any atom is -0.504 e. The molecule has 28 heavy (non-hydrogen) atoms. The second kappa shape index (κ2) is 6.28. The normalized spacial score (nSPS) is 31.1. The third-order valence-corrected chi connectivity index (χ3v) is 6.30. The van der Waals surface area contributed by atoms with Gasteiger partial charge in [0.25, 0.3) is 0 Å². The Morgan fingerprint density at radius 2 is 2.07 bits per heavy atom. The van der Waals surface area contributed by atoms with Crippen LogP contribution in [0.4, 0.5) is 4.79 Å². The van der Waals surface area contributed by atoms with E-state index in [1.807, 2.05) is 51.7 Å². The van der Waals surface area contributed by atoms with Crippen molar-refractivity contribution >= 4 is 6.09 Å². The number of fused-ring (bicyclic) bond motifs is 3. The van der Waals surface area contributed by atoms with Crippen LogP contribution in [0.5, 0.6) is 11.5 Å². The number of hydrogen-bond acceptors (Lipinski definition) is 5. The van der Waals surface area contributed by atoms with Crippen LogP contribution in [-0.4, -0.2) is 46.0 Å². The van der Waals surface area contributed by atoms with Crippen molar-refractivity contribution in [1.29, 1.82) is 0 Å². The van der Waals surface area contributed by atoms with Crippen molar-refractivity contribution in [3.8, 4) is 11.5 Å². The number of para-hydroxylation sites is 1. The van der Waals surface area contributed by atoms with Gasteiger partial charge in [-0.15, -0.1) is 0 Å². The van der Waals surface area contributed by atoms with Gasteiger partial charge in [0.15, 0.2) is 11.5 Å². The predicted molar refractivity (Wildman–Crippen MR) is 105 cm³/mol. The number of carbonyl (C=O) groups excluding carboxylic acids is 1. The largest absolute Gasteiger partial charge is 0.504 e. The van der Waals surface area contributed by atoms with E-state index in [4.69, 9.17) is 14.2 Å². The SMILES string of the molecule is CC(C)(C)OC(=O)N1CCC[C@@]12CO[C@H]1c3cccc(O)c3OC(C)(C)[C@@H]1C2. The molecule has 3 atom stereocenters. The fraction of sp³-hybridized carbons (Fsp3) is 0.682. The molecule has 2 fully saturated rings. The number of phenolic OH excluding ortho intramolecular Hbond substituents is 1. The summed E-state index contributed by atoms with van der Waals surface area (Å²) < 4.78 is 18.3. The summed E-state index contributed by atoms with van der Waals surface area (Å²) >= 11 is 0. The van der Waals surface area contributed by atoms with Crippen LogP contribution in [0.2, 0.25) is 0 Å². The molecule has 1 amide bonds. The molecule has 3 heterocycles. The molecule has 0 aromatic heterocycles. The highest BCUT2D eigenvalue weighted by Crippen LogP contribution is 2.55. The first kappa shape index (κ1) is 19.4. The molecular weight excluding hydrogens is 358 g/mol. The first-order chi connectivity index (χ1) is 13.0. The zero-order valence-corrected chi connectivity index (χ0v) is 17.4. The van der Waals surface area contributed by atoms with E-state index in [1.54, 1.807) is 6.07 Å². The minimum absolute atomic E-state index is 0.0681. The van der Waals surface area contributed by atoms with Gasteiger partial charge >= 0.3 is 6.09 Å². The zero-order valence-electron chi connectivity index (χ0n) is 17.4. The zero-order chi connectivity index (χ0) is 20.3. The fourth-order valence-electron chi connectivity index (χ4n) is 4.97. The van der Waals surface area contributed by atoms with Crippen molar-refractivity contribution in [2.24, 2.45) is 5.92 Å². The van der Waals surface area contributed by atoms with Crippen molar-refractivity contribution in [2.75, 3.05) is 13.2 Å². The number of carbonyl (C=O) groups is 1. The Labute approximate surface area is 166 Å². The van der Waals surface area contributed by atoms with Gasteiger partial charge in [-0.05, 0) is 59.9 Å². The van der Waals surface area contributed by atoms with Crippen LogP contribution in [0.1, 0.15) is 65.5 Å². The lowest BCUT2D eigenvalue weighted by Gasteiger charge is -2.53. The molecule has 0 saturated carbocycles. The maximum absolute atomic E-state index is 12.9. The van der Waals surface area contributed by atoms with E-state index in [0.29, 0.717) is 18.9 Å². The minimum atomic E-state index is -0.525. The molecule has 0 unspecified atom stereocenters. The molecule has 0 radical (unpaired) electrons. The predicted octanol–water partition coefficient (Wildman–Crippen LogP) is 4.41. The van der Waals surface area contributed by atoms with Gasteiger partial charge in [0.2, 0.25) is 0 Å². The molecule has 3 aliphatic rings. The number of likely N-dealkylation sites (tertiary alicyclic amines) is 1. The molecule has 0 bridgehead atoms. The van der Waals surface area contributed by atoms with Crippen molar-refractivity contribution in [1.82, 2.24) is 4.90 Å². The highest BCUT2D eigenvalue weighted by atomic mass is 16.6. The van der Waals surface area contributed by atoms with Crippen LogP contribution < -0.4 is 4.74 Å². The van der Waals surface area contributed by atoms with Crippen LogP contribution in [0.25, 0.3) is 0 Å². The number of ether oxygens (including phenoxy) is 3. The number of rotatable bonds is 0. The van der Waals surface area contributed by atoms with Crippen molar-refractivity contribution in [2.45, 2.75) is 76.7 Å². The Morgan fingerprint density at radius 1 is 1.32 bits per heavy atom. The molecule has 154 valence electrons. The third kappa shape index (κ3) is 3.11. The second-order valence-electron chi connectivity index (χ2n) is 9.90. The summed E-state index contributed by atoms with van der Waals surface area (Å²) in [6.07, 6.45) is 2.22. The molecular formula is C22H31NO5. The Bertz CT molecular complexity index is 784. The standard InChI is InChI=1S/C22H31NO5/c1-20(2,3)28-19(25)23-11-7-10-22(23)12-15-17(26-13-22)14-8-6-9-16(24)18(14)27-21(15,4)5/h6,8-9,15,17,24H,7,10-13H2,1-5H3/t15-,17+,22-/m1/s1. The van der Waals surface area contributed by atoms with E-state index in [1.165, 1.54) is 0 Å². The van der Waals surface area contributed by atoms with E-state index in [9.17, 15) is 9.90 Å². The lowest BCUT2D eigenvalue weighted by molar-refractivity contribution is -0.164.